The maximum atomic E-state index is 13.1. The molecule has 0 unspecified atom stereocenters. The Morgan fingerprint density at radius 2 is 2.00 bits per heavy atom. The van der Waals surface area contributed by atoms with E-state index in [2.05, 4.69) is 15.5 Å². The molecule has 0 atom stereocenters. The second-order valence-electron chi connectivity index (χ2n) is 5.27. The van der Waals surface area contributed by atoms with Crippen LogP contribution >= 0.6 is 23.2 Å². The molecular weight excluding hydrogens is 368 g/mol. The third-order valence-electron chi connectivity index (χ3n) is 3.49. The second-order valence-corrected chi connectivity index (χ2v) is 6.08. The summed E-state index contributed by atoms with van der Waals surface area (Å²) in [4.78, 5) is 12.2. The van der Waals surface area contributed by atoms with Crippen molar-refractivity contribution >= 4 is 34.9 Å². The van der Waals surface area contributed by atoms with Gasteiger partial charge in [0.05, 0.1) is 11.6 Å². The maximum absolute atomic E-state index is 13.1. The number of anilines is 1. The molecule has 9 heteroatoms. The van der Waals surface area contributed by atoms with Gasteiger partial charge in [-0.3, -0.25) is 14.2 Å². The number of hydrogen-bond donors (Lipinski definition) is 1. The summed E-state index contributed by atoms with van der Waals surface area (Å²) in [5.74, 6) is -0.488. The van der Waals surface area contributed by atoms with E-state index in [0.717, 1.165) is 0 Å². The molecule has 2 heterocycles. The van der Waals surface area contributed by atoms with E-state index >= 15 is 0 Å². The molecule has 0 saturated carbocycles. The van der Waals surface area contributed by atoms with E-state index in [1.54, 1.807) is 33.9 Å². The number of amides is 1. The lowest BCUT2D eigenvalue weighted by molar-refractivity contribution is 0.102. The first-order valence-corrected chi connectivity index (χ1v) is 8.23. The number of benzene rings is 1. The van der Waals surface area contributed by atoms with Crippen LogP contribution in [0.5, 0.6) is 0 Å². The van der Waals surface area contributed by atoms with Crippen molar-refractivity contribution in [1.82, 2.24) is 19.6 Å². The van der Waals surface area contributed by atoms with E-state index in [0.29, 0.717) is 29.5 Å². The summed E-state index contributed by atoms with van der Waals surface area (Å²) < 4.78 is 16.2. The first kappa shape index (κ1) is 17.4. The van der Waals surface area contributed by atoms with Crippen molar-refractivity contribution in [2.24, 2.45) is 0 Å². The molecule has 0 spiro atoms. The zero-order chi connectivity index (χ0) is 18.0. The van der Waals surface area contributed by atoms with Gasteiger partial charge in [0, 0.05) is 30.0 Å². The summed E-state index contributed by atoms with van der Waals surface area (Å²) in [5.41, 5.74) is 0.855. The van der Waals surface area contributed by atoms with E-state index in [1.165, 1.54) is 12.1 Å². The van der Waals surface area contributed by atoms with Gasteiger partial charge in [0.2, 0.25) is 0 Å². The highest BCUT2D eigenvalue weighted by atomic mass is 35.5. The third kappa shape index (κ3) is 4.00. The minimum Gasteiger partial charge on any atom is -0.304 e. The van der Waals surface area contributed by atoms with Crippen molar-refractivity contribution in [1.29, 1.82) is 0 Å². The highest BCUT2D eigenvalue weighted by Crippen LogP contribution is 2.19. The average molecular weight is 382 g/mol. The molecular formula is C16H14Cl2FN5O. The van der Waals surface area contributed by atoms with Crippen LogP contribution in [0.3, 0.4) is 0 Å². The summed E-state index contributed by atoms with van der Waals surface area (Å²) in [6.45, 7) is 2.85. The van der Waals surface area contributed by atoms with Crippen LogP contribution in [0.4, 0.5) is 10.2 Å². The molecule has 1 N–H and O–H groups in total. The number of halogens is 3. The van der Waals surface area contributed by atoms with Crippen LogP contribution < -0.4 is 5.32 Å². The number of nitrogens with zero attached hydrogens (tertiary/aromatic N) is 4. The molecule has 0 aliphatic rings. The van der Waals surface area contributed by atoms with Crippen molar-refractivity contribution < 1.29 is 9.18 Å². The van der Waals surface area contributed by atoms with Gasteiger partial charge < -0.3 is 5.32 Å². The van der Waals surface area contributed by atoms with Crippen molar-refractivity contribution in [3.63, 3.8) is 0 Å². The zero-order valence-electron chi connectivity index (χ0n) is 13.2. The van der Waals surface area contributed by atoms with Gasteiger partial charge in [0.15, 0.2) is 11.5 Å². The quantitative estimate of drug-likeness (QED) is 0.729. The van der Waals surface area contributed by atoms with Crippen molar-refractivity contribution in [2.45, 2.75) is 20.0 Å². The van der Waals surface area contributed by atoms with Gasteiger partial charge >= 0.3 is 0 Å². The molecule has 2 aromatic heterocycles. The van der Waals surface area contributed by atoms with Crippen LogP contribution in [-0.2, 0) is 13.1 Å². The topological polar surface area (TPSA) is 64.7 Å². The fraction of sp³-hybridized carbons (Fsp3) is 0.188. The molecule has 0 saturated heterocycles. The molecule has 3 rings (SSSR count). The van der Waals surface area contributed by atoms with Crippen LogP contribution in [0.15, 0.2) is 36.7 Å². The van der Waals surface area contributed by atoms with E-state index in [4.69, 9.17) is 23.2 Å². The fourth-order valence-corrected chi connectivity index (χ4v) is 2.69. The van der Waals surface area contributed by atoms with Gasteiger partial charge in [0.1, 0.15) is 5.82 Å². The van der Waals surface area contributed by atoms with Crippen LogP contribution in [0, 0.1) is 5.82 Å². The number of rotatable bonds is 5. The molecule has 1 amide bonds. The minimum atomic E-state index is -0.442. The Bertz CT molecular complexity index is 921. The van der Waals surface area contributed by atoms with Gasteiger partial charge in [-0.15, -0.1) is 0 Å². The standard InChI is InChI=1S/C16H14Cl2FN5O/c1-2-23-9-13(18)15(22-23)16(25)20-14-5-6-24(21-14)8-10-3-4-11(19)7-12(10)17/h3-7,9H,2,8H2,1H3,(H,20,21,25). The molecule has 130 valence electrons. The molecule has 1 aromatic carbocycles. The lowest BCUT2D eigenvalue weighted by Gasteiger charge is -2.05. The van der Waals surface area contributed by atoms with Crippen LogP contribution in [0.1, 0.15) is 23.0 Å². The summed E-state index contributed by atoms with van der Waals surface area (Å²) in [7, 11) is 0. The van der Waals surface area contributed by atoms with Crippen molar-refractivity contribution in [3.8, 4) is 0 Å². The monoisotopic (exact) mass is 381 g/mol. The Morgan fingerprint density at radius 1 is 1.20 bits per heavy atom. The maximum Gasteiger partial charge on any atom is 0.278 e. The number of carbonyl (C=O) groups is 1. The predicted molar refractivity (Wildman–Crippen MR) is 93.6 cm³/mol. The van der Waals surface area contributed by atoms with E-state index in [9.17, 15) is 9.18 Å². The van der Waals surface area contributed by atoms with E-state index in [1.807, 2.05) is 6.92 Å². The number of aryl methyl sites for hydroxylation is 1. The zero-order valence-corrected chi connectivity index (χ0v) is 14.7. The number of carbonyl (C=O) groups excluding carboxylic acids is 1. The van der Waals surface area contributed by atoms with Crippen molar-refractivity contribution in [3.05, 3.63) is 63.8 Å². The largest absolute Gasteiger partial charge is 0.304 e. The molecule has 0 aliphatic carbocycles. The number of nitrogens with one attached hydrogen (secondary N) is 1. The smallest absolute Gasteiger partial charge is 0.278 e. The van der Waals surface area contributed by atoms with Crippen LogP contribution in [-0.4, -0.2) is 25.5 Å². The Kier molecular flexibility index (Phi) is 5.06. The number of aromatic nitrogens is 4. The fourth-order valence-electron chi connectivity index (χ4n) is 2.23. The third-order valence-corrected chi connectivity index (χ3v) is 4.11. The van der Waals surface area contributed by atoms with E-state index < -0.39 is 11.7 Å². The summed E-state index contributed by atoms with van der Waals surface area (Å²) in [6.07, 6.45) is 3.27. The normalized spacial score (nSPS) is 10.9. The number of hydrogen-bond acceptors (Lipinski definition) is 3. The first-order valence-electron chi connectivity index (χ1n) is 7.48. The molecule has 0 aliphatic heterocycles. The lowest BCUT2D eigenvalue weighted by atomic mass is 10.2. The van der Waals surface area contributed by atoms with Crippen LogP contribution in [0.25, 0.3) is 0 Å². The molecule has 0 bridgehead atoms. The molecule has 0 fully saturated rings. The van der Waals surface area contributed by atoms with Gasteiger partial charge in [0.25, 0.3) is 5.91 Å². The summed E-state index contributed by atoms with van der Waals surface area (Å²) in [5, 5.41) is 11.6. The Morgan fingerprint density at radius 3 is 2.68 bits per heavy atom. The van der Waals surface area contributed by atoms with E-state index in [-0.39, 0.29) is 10.7 Å². The van der Waals surface area contributed by atoms with Gasteiger partial charge in [-0.1, -0.05) is 29.3 Å². The Balaban J connectivity index is 1.70. The summed E-state index contributed by atoms with van der Waals surface area (Å²) in [6, 6.07) is 5.81. The molecule has 0 radical (unpaired) electrons. The van der Waals surface area contributed by atoms with Gasteiger partial charge in [-0.05, 0) is 24.6 Å². The first-order chi connectivity index (χ1) is 12.0. The lowest BCUT2D eigenvalue weighted by Crippen LogP contribution is -2.14. The predicted octanol–water partition coefficient (Wildman–Crippen LogP) is 3.85. The minimum absolute atomic E-state index is 0.139. The molecule has 3 aromatic rings. The molecule has 6 nitrogen and oxygen atoms in total. The molecule has 25 heavy (non-hydrogen) atoms. The second kappa shape index (κ2) is 7.25. The van der Waals surface area contributed by atoms with Gasteiger partial charge in [-0.2, -0.15) is 10.2 Å². The highest BCUT2D eigenvalue weighted by molar-refractivity contribution is 6.34. The Labute approximate surface area is 153 Å². The SMILES string of the molecule is CCn1cc(Cl)c(C(=O)Nc2ccn(Cc3ccc(F)cc3Cl)n2)n1. The van der Waals surface area contributed by atoms with Crippen molar-refractivity contribution in [2.75, 3.05) is 5.32 Å². The highest BCUT2D eigenvalue weighted by Gasteiger charge is 2.16. The summed E-state index contributed by atoms with van der Waals surface area (Å²) >= 11 is 12.0. The Hall–Kier alpha value is -2.38. The van der Waals surface area contributed by atoms with Crippen LogP contribution in [0.2, 0.25) is 10.0 Å². The average Bonchev–Trinajstić information content (AvgIpc) is 3.16. The van der Waals surface area contributed by atoms with Gasteiger partial charge in [-0.25, -0.2) is 4.39 Å².